The molecule has 4 heteroatoms. The maximum atomic E-state index is 11.6. The highest BCUT2D eigenvalue weighted by molar-refractivity contribution is 5.87. The number of rotatable bonds is 2. The van der Waals surface area contributed by atoms with E-state index in [1.807, 2.05) is 6.08 Å². The molecule has 2 unspecified atom stereocenters. The highest BCUT2D eigenvalue weighted by Gasteiger charge is 2.62. The molecule has 4 rings (SSSR count). The molecule has 4 bridgehead atoms. The number of ether oxygens (including phenoxy) is 1. The van der Waals surface area contributed by atoms with E-state index in [-0.39, 0.29) is 11.4 Å². The summed E-state index contributed by atoms with van der Waals surface area (Å²) in [5, 5.41) is 21.3. The Bertz CT molecular complexity index is 435. The Morgan fingerprint density at radius 1 is 1.16 bits per heavy atom. The first-order valence-corrected chi connectivity index (χ1v) is 7.00. The second-order valence-corrected chi connectivity index (χ2v) is 7.14. The summed E-state index contributed by atoms with van der Waals surface area (Å²) in [7, 11) is 1.38. The van der Waals surface area contributed by atoms with Crippen molar-refractivity contribution in [2.45, 2.75) is 56.7 Å². The normalized spacial score (nSPS) is 48.4. The van der Waals surface area contributed by atoms with E-state index in [1.165, 1.54) is 7.11 Å². The maximum absolute atomic E-state index is 11.6. The van der Waals surface area contributed by atoms with Crippen LogP contribution in [-0.2, 0) is 9.53 Å². The van der Waals surface area contributed by atoms with Crippen LogP contribution < -0.4 is 0 Å². The molecule has 106 valence electrons. The van der Waals surface area contributed by atoms with E-state index in [0.717, 1.165) is 19.3 Å². The Hall–Kier alpha value is -0.870. The lowest BCUT2D eigenvalue weighted by Crippen LogP contribution is -2.62. The number of allylic oxidation sites excluding steroid dienone is 1. The molecule has 2 atom stereocenters. The predicted molar refractivity (Wildman–Crippen MR) is 69.3 cm³/mol. The van der Waals surface area contributed by atoms with Crippen LogP contribution in [0.1, 0.15) is 45.4 Å². The first-order valence-electron chi connectivity index (χ1n) is 7.00. The van der Waals surface area contributed by atoms with Gasteiger partial charge in [-0.25, -0.2) is 4.79 Å². The summed E-state index contributed by atoms with van der Waals surface area (Å²) in [5.41, 5.74) is -1.15. The highest BCUT2D eigenvalue weighted by atomic mass is 16.5. The van der Waals surface area contributed by atoms with Crippen molar-refractivity contribution in [2.75, 3.05) is 7.11 Å². The SMILES string of the molecule is COC(=O)/C(C)=C/C12CC3CC(O)(CC(O)(C3)C1)C2. The Kier molecular flexibility index (Phi) is 2.64. The van der Waals surface area contributed by atoms with Gasteiger partial charge in [-0.2, -0.15) is 0 Å². The zero-order valence-corrected chi connectivity index (χ0v) is 11.6. The molecular weight excluding hydrogens is 244 g/mol. The van der Waals surface area contributed by atoms with Crippen LogP contribution in [0.2, 0.25) is 0 Å². The first-order chi connectivity index (χ1) is 8.77. The van der Waals surface area contributed by atoms with Gasteiger partial charge in [-0.05, 0) is 50.4 Å². The molecule has 0 aromatic heterocycles. The van der Waals surface area contributed by atoms with Crippen LogP contribution >= 0.6 is 0 Å². The van der Waals surface area contributed by atoms with Crippen molar-refractivity contribution < 1.29 is 19.7 Å². The van der Waals surface area contributed by atoms with Crippen LogP contribution in [0.25, 0.3) is 0 Å². The molecule has 0 heterocycles. The topological polar surface area (TPSA) is 66.8 Å². The summed E-state index contributed by atoms with van der Waals surface area (Å²) in [6, 6.07) is 0. The summed E-state index contributed by atoms with van der Waals surface area (Å²) < 4.78 is 4.74. The molecule has 4 aliphatic carbocycles. The molecule has 4 saturated carbocycles. The van der Waals surface area contributed by atoms with Crippen molar-refractivity contribution in [1.82, 2.24) is 0 Å². The Morgan fingerprint density at radius 2 is 1.74 bits per heavy atom. The summed E-state index contributed by atoms with van der Waals surface area (Å²) >= 11 is 0. The van der Waals surface area contributed by atoms with Crippen LogP contribution in [0.5, 0.6) is 0 Å². The number of carbonyl (C=O) groups is 1. The van der Waals surface area contributed by atoms with E-state index in [4.69, 9.17) is 4.74 Å². The second kappa shape index (κ2) is 3.83. The zero-order valence-electron chi connectivity index (χ0n) is 11.6. The molecule has 4 aliphatic rings. The van der Waals surface area contributed by atoms with Gasteiger partial charge in [0, 0.05) is 12.0 Å². The standard InChI is InChI=1S/C15H22O4/c1-10(12(16)19-2)3-13-4-11-5-14(17,7-13)9-15(18,6-11)8-13/h3,11,17-18H,4-9H2,1-2H3/b10-3+. The molecule has 19 heavy (non-hydrogen) atoms. The summed E-state index contributed by atoms with van der Waals surface area (Å²) in [4.78, 5) is 11.6. The van der Waals surface area contributed by atoms with Gasteiger partial charge in [-0.3, -0.25) is 0 Å². The van der Waals surface area contributed by atoms with Gasteiger partial charge in [0.05, 0.1) is 18.3 Å². The summed E-state index contributed by atoms with van der Waals surface area (Å²) in [5.74, 6) is 0.0441. The van der Waals surface area contributed by atoms with Gasteiger partial charge in [-0.15, -0.1) is 0 Å². The van der Waals surface area contributed by atoms with Crippen LogP contribution in [0, 0.1) is 11.3 Å². The molecule has 0 aliphatic heterocycles. The Labute approximate surface area is 113 Å². The van der Waals surface area contributed by atoms with Gasteiger partial charge >= 0.3 is 5.97 Å². The number of hydrogen-bond donors (Lipinski definition) is 2. The van der Waals surface area contributed by atoms with Gasteiger partial charge in [0.2, 0.25) is 0 Å². The third kappa shape index (κ3) is 2.11. The second-order valence-electron chi connectivity index (χ2n) is 7.14. The average molecular weight is 266 g/mol. The van der Waals surface area contributed by atoms with E-state index in [0.29, 0.717) is 30.8 Å². The molecule has 4 nitrogen and oxygen atoms in total. The van der Waals surface area contributed by atoms with Crippen LogP contribution in [0.4, 0.5) is 0 Å². The molecular formula is C15H22O4. The van der Waals surface area contributed by atoms with Gasteiger partial charge < -0.3 is 14.9 Å². The number of carbonyl (C=O) groups excluding carboxylic acids is 1. The fourth-order valence-corrected chi connectivity index (χ4v) is 5.25. The predicted octanol–water partition coefficient (Wildman–Crippen LogP) is 1.55. The molecule has 2 N–H and O–H groups in total. The lowest BCUT2D eigenvalue weighted by molar-refractivity contribution is -0.217. The summed E-state index contributed by atoms with van der Waals surface area (Å²) in [6.07, 6.45) is 6.30. The lowest BCUT2D eigenvalue weighted by Gasteiger charge is -2.62. The van der Waals surface area contributed by atoms with Gasteiger partial charge in [0.1, 0.15) is 0 Å². The molecule has 0 saturated heterocycles. The van der Waals surface area contributed by atoms with E-state index < -0.39 is 11.2 Å². The zero-order chi connectivity index (χ0) is 13.9. The van der Waals surface area contributed by atoms with E-state index in [1.54, 1.807) is 6.92 Å². The molecule has 4 fully saturated rings. The number of hydrogen-bond acceptors (Lipinski definition) is 4. The molecule has 0 aromatic rings. The van der Waals surface area contributed by atoms with Gasteiger partial charge in [0.15, 0.2) is 0 Å². The van der Waals surface area contributed by atoms with Crippen molar-refractivity contribution in [2.24, 2.45) is 11.3 Å². The monoisotopic (exact) mass is 266 g/mol. The Morgan fingerprint density at radius 3 is 2.21 bits per heavy atom. The minimum atomic E-state index is -0.749. The van der Waals surface area contributed by atoms with Crippen molar-refractivity contribution in [1.29, 1.82) is 0 Å². The van der Waals surface area contributed by atoms with Crippen LogP contribution in [0.3, 0.4) is 0 Å². The van der Waals surface area contributed by atoms with E-state index >= 15 is 0 Å². The lowest BCUT2D eigenvalue weighted by atomic mass is 9.46. The minimum Gasteiger partial charge on any atom is -0.466 e. The smallest absolute Gasteiger partial charge is 0.333 e. The van der Waals surface area contributed by atoms with E-state index in [9.17, 15) is 15.0 Å². The van der Waals surface area contributed by atoms with Crippen molar-refractivity contribution >= 4 is 5.97 Å². The summed E-state index contributed by atoms with van der Waals surface area (Å²) in [6.45, 7) is 1.75. The van der Waals surface area contributed by atoms with Crippen LogP contribution in [-0.4, -0.2) is 34.5 Å². The highest BCUT2D eigenvalue weighted by Crippen LogP contribution is 2.63. The fraction of sp³-hybridized carbons (Fsp3) is 0.800. The van der Waals surface area contributed by atoms with Crippen molar-refractivity contribution in [3.05, 3.63) is 11.6 Å². The van der Waals surface area contributed by atoms with Gasteiger partial charge in [0.25, 0.3) is 0 Å². The van der Waals surface area contributed by atoms with E-state index in [2.05, 4.69) is 0 Å². The van der Waals surface area contributed by atoms with Gasteiger partial charge in [-0.1, -0.05) is 6.08 Å². The molecule has 0 aromatic carbocycles. The van der Waals surface area contributed by atoms with Crippen molar-refractivity contribution in [3.63, 3.8) is 0 Å². The van der Waals surface area contributed by atoms with Crippen molar-refractivity contribution in [3.8, 4) is 0 Å². The molecule has 0 spiro atoms. The third-order valence-electron chi connectivity index (χ3n) is 5.08. The largest absolute Gasteiger partial charge is 0.466 e. The Balaban J connectivity index is 1.95. The minimum absolute atomic E-state index is 0.235. The van der Waals surface area contributed by atoms with Crippen LogP contribution in [0.15, 0.2) is 11.6 Å². The number of aliphatic hydroxyl groups is 2. The first kappa shape index (κ1) is 13.1. The number of methoxy groups -OCH3 is 1. The molecule has 0 amide bonds. The number of esters is 1. The third-order valence-corrected chi connectivity index (χ3v) is 5.08. The quantitative estimate of drug-likeness (QED) is 0.588. The molecule has 0 radical (unpaired) electrons. The maximum Gasteiger partial charge on any atom is 0.333 e. The average Bonchev–Trinajstić information content (AvgIpc) is 2.21. The fourth-order valence-electron chi connectivity index (χ4n) is 5.25.